The Kier molecular flexibility index (Phi) is 7.55. The summed E-state index contributed by atoms with van der Waals surface area (Å²) in [4.78, 5) is 12.1. The number of unbranched alkanes of at least 4 members (excludes halogenated alkanes) is 3. The fourth-order valence-electron chi connectivity index (χ4n) is 2.02. The van der Waals surface area contributed by atoms with Crippen LogP contribution in [0.2, 0.25) is 0 Å². The first-order chi connectivity index (χ1) is 10.4. The highest BCUT2D eigenvalue weighted by atomic mass is 32.2. The van der Waals surface area contributed by atoms with Crippen molar-refractivity contribution in [1.82, 2.24) is 10.0 Å². The third-order valence-electron chi connectivity index (χ3n) is 3.13. The van der Waals surface area contributed by atoms with Crippen LogP contribution < -0.4 is 10.0 Å². The molecule has 22 heavy (non-hydrogen) atoms. The lowest BCUT2D eigenvalue weighted by atomic mass is 10.2. The Balaban J connectivity index is 2.59. The van der Waals surface area contributed by atoms with Gasteiger partial charge in [-0.25, -0.2) is 13.1 Å². The number of hydrogen-bond acceptors (Lipinski definition) is 3. The van der Waals surface area contributed by atoms with Gasteiger partial charge in [-0.15, -0.1) is 0 Å². The second kappa shape index (κ2) is 8.90. The fraction of sp³-hybridized carbons (Fsp3) is 0.562. The molecule has 0 atom stereocenters. The standard InChI is InChI=1S/C16H26N2O3S/c1-4-5-6-7-12-17-16(19)14-8-10-15(11-9-14)22(20,21)18-13(2)3/h8-11,13,18H,4-7,12H2,1-3H3,(H,17,19). The van der Waals surface area contributed by atoms with Gasteiger partial charge in [0, 0.05) is 18.2 Å². The summed E-state index contributed by atoms with van der Waals surface area (Å²) in [6, 6.07) is 5.82. The number of benzene rings is 1. The maximum atomic E-state index is 12.0. The van der Waals surface area contributed by atoms with Crippen LogP contribution in [0.4, 0.5) is 0 Å². The predicted octanol–water partition coefficient (Wildman–Crippen LogP) is 2.68. The van der Waals surface area contributed by atoms with Crippen LogP contribution in [0, 0.1) is 0 Å². The van der Waals surface area contributed by atoms with Crippen molar-refractivity contribution in [2.75, 3.05) is 6.54 Å². The third-order valence-corrected chi connectivity index (χ3v) is 4.81. The summed E-state index contributed by atoms with van der Waals surface area (Å²) in [6.45, 7) is 6.31. The zero-order chi connectivity index (χ0) is 16.6. The Morgan fingerprint density at radius 3 is 2.27 bits per heavy atom. The molecule has 0 unspecified atom stereocenters. The van der Waals surface area contributed by atoms with E-state index in [2.05, 4.69) is 17.0 Å². The molecule has 0 aliphatic carbocycles. The number of nitrogens with one attached hydrogen (secondary N) is 2. The third kappa shape index (κ3) is 6.15. The summed E-state index contributed by atoms with van der Waals surface area (Å²) in [5.74, 6) is -0.169. The monoisotopic (exact) mass is 326 g/mol. The van der Waals surface area contributed by atoms with Gasteiger partial charge in [0.05, 0.1) is 4.90 Å². The molecule has 6 heteroatoms. The first kappa shape index (κ1) is 18.6. The number of carbonyl (C=O) groups is 1. The smallest absolute Gasteiger partial charge is 0.251 e. The molecule has 0 saturated heterocycles. The molecule has 124 valence electrons. The van der Waals surface area contributed by atoms with Gasteiger partial charge >= 0.3 is 0 Å². The molecular formula is C16H26N2O3S. The highest BCUT2D eigenvalue weighted by molar-refractivity contribution is 7.89. The van der Waals surface area contributed by atoms with E-state index in [9.17, 15) is 13.2 Å². The van der Waals surface area contributed by atoms with E-state index in [1.807, 2.05) is 0 Å². The van der Waals surface area contributed by atoms with Crippen molar-refractivity contribution in [3.05, 3.63) is 29.8 Å². The molecule has 0 aliphatic rings. The van der Waals surface area contributed by atoms with E-state index in [1.54, 1.807) is 13.8 Å². The van der Waals surface area contributed by atoms with Crippen LogP contribution in [-0.4, -0.2) is 26.9 Å². The molecule has 0 bridgehead atoms. The van der Waals surface area contributed by atoms with Crippen LogP contribution in [-0.2, 0) is 10.0 Å². The van der Waals surface area contributed by atoms with Gasteiger partial charge < -0.3 is 5.32 Å². The highest BCUT2D eigenvalue weighted by Crippen LogP contribution is 2.11. The van der Waals surface area contributed by atoms with Crippen LogP contribution in [0.5, 0.6) is 0 Å². The van der Waals surface area contributed by atoms with Gasteiger partial charge in [-0.2, -0.15) is 0 Å². The molecule has 1 aromatic carbocycles. The van der Waals surface area contributed by atoms with Gasteiger partial charge in [-0.1, -0.05) is 26.2 Å². The molecule has 1 amide bonds. The summed E-state index contributed by atoms with van der Waals surface area (Å²) in [6.07, 6.45) is 4.40. The number of sulfonamides is 1. The molecule has 0 heterocycles. The van der Waals surface area contributed by atoms with Gasteiger partial charge in [-0.05, 0) is 44.5 Å². The average Bonchev–Trinajstić information content (AvgIpc) is 2.45. The Bertz CT molecular complexity index is 566. The molecule has 0 saturated carbocycles. The van der Waals surface area contributed by atoms with Crippen molar-refractivity contribution in [1.29, 1.82) is 0 Å². The molecular weight excluding hydrogens is 300 g/mol. The fourth-order valence-corrected chi connectivity index (χ4v) is 3.27. The normalized spacial score (nSPS) is 11.6. The van der Waals surface area contributed by atoms with E-state index in [0.717, 1.165) is 19.3 Å². The summed E-state index contributed by atoms with van der Waals surface area (Å²) in [5, 5.41) is 2.84. The van der Waals surface area contributed by atoms with Crippen molar-refractivity contribution in [3.63, 3.8) is 0 Å². The summed E-state index contributed by atoms with van der Waals surface area (Å²) in [7, 11) is -3.51. The average molecular weight is 326 g/mol. The molecule has 0 aromatic heterocycles. The van der Waals surface area contributed by atoms with E-state index in [0.29, 0.717) is 12.1 Å². The molecule has 1 aromatic rings. The van der Waals surface area contributed by atoms with Crippen molar-refractivity contribution >= 4 is 15.9 Å². The lowest BCUT2D eigenvalue weighted by Gasteiger charge is -2.10. The maximum Gasteiger partial charge on any atom is 0.251 e. The van der Waals surface area contributed by atoms with Gasteiger partial charge in [-0.3, -0.25) is 4.79 Å². The number of hydrogen-bond donors (Lipinski definition) is 2. The second-order valence-corrected chi connectivity index (χ2v) is 7.33. The van der Waals surface area contributed by atoms with Crippen molar-refractivity contribution in [2.45, 2.75) is 57.4 Å². The van der Waals surface area contributed by atoms with Crippen LogP contribution in [0.25, 0.3) is 0 Å². The Morgan fingerprint density at radius 1 is 1.09 bits per heavy atom. The summed E-state index contributed by atoms with van der Waals surface area (Å²) < 4.78 is 26.5. The van der Waals surface area contributed by atoms with E-state index >= 15 is 0 Å². The van der Waals surface area contributed by atoms with E-state index in [1.165, 1.54) is 30.7 Å². The maximum absolute atomic E-state index is 12.0. The molecule has 2 N–H and O–H groups in total. The summed E-state index contributed by atoms with van der Waals surface area (Å²) in [5.41, 5.74) is 0.471. The van der Waals surface area contributed by atoms with Gasteiger partial charge in [0.25, 0.3) is 5.91 Å². The molecule has 1 rings (SSSR count). The van der Waals surface area contributed by atoms with Crippen molar-refractivity contribution in [3.8, 4) is 0 Å². The quantitative estimate of drug-likeness (QED) is 0.685. The molecule has 5 nitrogen and oxygen atoms in total. The molecule has 0 radical (unpaired) electrons. The highest BCUT2D eigenvalue weighted by Gasteiger charge is 2.15. The topological polar surface area (TPSA) is 75.3 Å². The zero-order valence-corrected chi connectivity index (χ0v) is 14.4. The van der Waals surface area contributed by atoms with Crippen LogP contribution in [0.15, 0.2) is 29.2 Å². The molecule has 0 fully saturated rings. The number of carbonyl (C=O) groups excluding carboxylic acids is 1. The number of amides is 1. The van der Waals surface area contributed by atoms with Crippen LogP contribution >= 0.6 is 0 Å². The van der Waals surface area contributed by atoms with Crippen LogP contribution in [0.3, 0.4) is 0 Å². The minimum atomic E-state index is -3.51. The largest absolute Gasteiger partial charge is 0.352 e. The second-order valence-electron chi connectivity index (χ2n) is 5.62. The summed E-state index contributed by atoms with van der Waals surface area (Å²) >= 11 is 0. The molecule has 0 aliphatic heterocycles. The Labute approximate surface area is 133 Å². The first-order valence-electron chi connectivity index (χ1n) is 7.77. The predicted molar refractivity (Wildman–Crippen MR) is 88.4 cm³/mol. The lowest BCUT2D eigenvalue weighted by Crippen LogP contribution is -2.30. The van der Waals surface area contributed by atoms with Crippen molar-refractivity contribution < 1.29 is 13.2 Å². The minimum absolute atomic E-state index is 0.167. The Morgan fingerprint density at radius 2 is 1.73 bits per heavy atom. The van der Waals surface area contributed by atoms with Gasteiger partial charge in [0.15, 0.2) is 0 Å². The van der Waals surface area contributed by atoms with Gasteiger partial charge in [0.2, 0.25) is 10.0 Å². The van der Waals surface area contributed by atoms with Crippen LogP contribution in [0.1, 0.15) is 56.8 Å². The van der Waals surface area contributed by atoms with Crippen molar-refractivity contribution in [2.24, 2.45) is 0 Å². The number of rotatable bonds is 9. The van der Waals surface area contributed by atoms with E-state index in [-0.39, 0.29) is 16.8 Å². The molecule has 0 spiro atoms. The Hall–Kier alpha value is -1.40. The lowest BCUT2D eigenvalue weighted by molar-refractivity contribution is 0.0953. The first-order valence-corrected chi connectivity index (χ1v) is 9.25. The van der Waals surface area contributed by atoms with Gasteiger partial charge in [0.1, 0.15) is 0 Å². The SMILES string of the molecule is CCCCCCNC(=O)c1ccc(S(=O)(=O)NC(C)C)cc1. The zero-order valence-electron chi connectivity index (χ0n) is 13.6. The minimum Gasteiger partial charge on any atom is -0.352 e. The van der Waals surface area contributed by atoms with E-state index in [4.69, 9.17) is 0 Å². The van der Waals surface area contributed by atoms with E-state index < -0.39 is 10.0 Å².